The molecule has 0 aliphatic heterocycles. The maximum Gasteiger partial charge on any atom is 0.279 e. The van der Waals surface area contributed by atoms with Crippen molar-refractivity contribution in [2.24, 2.45) is 5.92 Å². The van der Waals surface area contributed by atoms with E-state index in [-0.39, 0.29) is 29.1 Å². The van der Waals surface area contributed by atoms with Crippen LogP contribution in [-0.4, -0.2) is 15.7 Å². The van der Waals surface area contributed by atoms with Gasteiger partial charge in [0.05, 0.1) is 17.1 Å². The Morgan fingerprint density at radius 3 is 2.31 bits per heavy atom. The van der Waals surface area contributed by atoms with Crippen molar-refractivity contribution >= 4 is 28.0 Å². The fraction of sp³-hybridized carbons (Fsp3) is 0.174. The lowest BCUT2D eigenvalue weighted by molar-refractivity contribution is 0.0921. The second kappa shape index (κ2) is 8.01. The molecular formula is C23H21N3O2S. The number of aromatic nitrogens is 2. The number of carbonyl (C=O) groups is 1. The van der Waals surface area contributed by atoms with Crippen molar-refractivity contribution in [3.8, 4) is 5.69 Å². The summed E-state index contributed by atoms with van der Waals surface area (Å²) in [5.74, 6) is -0.0816. The summed E-state index contributed by atoms with van der Waals surface area (Å²) in [6, 6.07) is 20.1. The van der Waals surface area contributed by atoms with Crippen molar-refractivity contribution in [1.82, 2.24) is 15.1 Å². The number of thiophene rings is 1. The number of para-hydroxylation sites is 1. The van der Waals surface area contributed by atoms with Gasteiger partial charge in [-0.15, -0.1) is 11.3 Å². The molecule has 146 valence electrons. The van der Waals surface area contributed by atoms with E-state index in [0.717, 1.165) is 4.88 Å². The molecule has 0 radical (unpaired) electrons. The van der Waals surface area contributed by atoms with Gasteiger partial charge in [-0.3, -0.25) is 9.59 Å². The van der Waals surface area contributed by atoms with Gasteiger partial charge in [0.2, 0.25) is 0 Å². The highest BCUT2D eigenvalue weighted by Crippen LogP contribution is 2.26. The Labute approximate surface area is 172 Å². The SMILES string of the molecule is CC(C)[C@H](NC(=O)c1nn(-c2ccccc2)c(=O)c2ccccc12)c1cccs1. The molecule has 4 rings (SSSR count). The lowest BCUT2D eigenvalue weighted by Crippen LogP contribution is -2.34. The van der Waals surface area contributed by atoms with Gasteiger partial charge in [0.15, 0.2) is 5.69 Å². The zero-order chi connectivity index (χ0) is 20.4. The van der Waals surface area contributed by atoms with E-state index in [4.69, 9.17) is 0 Å². The zero-order valence-corrected chi connectivity index (χ0v) is 17.0. The Morgan fingerprint density at radius 2 is 1.66 bits per heavy atom. The van der Waals surface area contributed by atoms with Crippen LogP contribution in [0.25, 0.3) is 16.5 Å². The predicted octanol–water partition coefficient (Wildman–Crippen LogP) is 4.57. The fourth-order valence-corrected chi connectivity index (χ4v) is 4.29. The molecule has 0 saturated heterocycles. The Balaban J connectivity index is 1.83. The summed E-state index contributed by atoms with van der Waals surface area (Å²) >= 11 is 1.61. The minimum Gasteiger partial charge on any atom is -0.343 e. The summed E-state index contributed by atoms with van der Waals surface area (Å²) in [5.41, 5.74) is 0.615. The number of amides is 1. The minimum absolute atomic E-state index is 0.125. The molecule has 5 nitrogen and oxygen atoms in total. The molecule has 2 aromatic carbocycles. The van der Waals surface area contributed by atoms with Crippen molar-refractivity contribution in [2.45, 2.75) is 19.9 Å². The second-order valence-corrected chi connectivity index (χ2v) is 8.14. The van der Waals surface area contributed by atoms with E-state index in [1.807, 2.05) is 41.8 Å². The van der Waals surface area contributed by atoms with Crippen LogP contribution in [0.3, 0.4) is 0 Å². The highest BCUT2D eigenvalue weighted by atomic mass is 32.1. The molecular weight excluding hydrogens is 382 g/mol. The van der Waals surface area contributed by atoms with Crippen LogP contribution in [0, 0.1) is 5.92 Å². The van der Waals surface area contributed by atoms with E-state index >= 15 is 0 Å². The number of hydrogen-bond donors (Lipinski definition) is 1. The van der Waals surface area contributed by atoms with E-state index in [9.17, 15) is 9.59 Å². The van der Waals surface area contributed by atoms with Gasteiger partial charge in [-0.2, -0.15) is 9.78 Å². The molecule has 0 unspecified atom stereocenters. The van der Waals surface area contributed by atoms with Gasteiger partial charge in [-0.25, -0.2) is 0 Å². The lowest BCUT2D eigenvalue weighted by Gasteiger charge is -2.21. The Morgan fingerprint density at radius 1 is 0.966 bits per heavy atom. The highest BCUT2D eigenvalue weighted by Gasteiger charge is 2.23. The smallest absolute Gasteiger partial charge is 0.279 e. The Hall–Kier alpha value is -3.25. The molecule has 1 atom stereocenters. The van der Waals surface area contributed by atoms with Crippen LogP contribution in [0.2, 0.25) is 0 Å². The van der Waals surface area contributed by atoms with E-state index < -0.39 is 0 Å². The van der Waals surface area contributed by atoms with Crippen LogP contribution < -0.4 is 10.9 Å². The number of nitrogens with zero attached hydrogens (tertiary/aromatic N) is 2. The van der Waals surface area contributed by atoms with Gasteiger partial charge in [0.25, 0.3) is 11.5 Å². The summed E-state index contributed by atoms with van der Waals surface area (Å²) in [7, 11) is 0. The molecule has 0 bridgehead atoms. The van der Waals surface area contributed by atoms with Gasteiger partial charge in [0.1, 0.15) is 0 Å². The summed E-state index contributed by atoms with van der Waals surface area (Å²) in [4.78, 5) is 27.4. The van der Waals surface area contributed by atoms with Gasteiger partial charge >= 0.3 is 0 Å². The zero-order valence-electron chi connectivity index (χ0n) is 16.2. The summed E-state index contributed by atoms with van der Waals surface area (Å²) < 4.78 is 1.30. The standard InChI is InChI=1S/C23H21N3O2S/c1-15(2)20(19-13-8-14-29-19)24-22(27)21-17-11-6-7-12-18(17)23(28)26(25-21)16-9-4-3-5-10-16/h3-15,20H,1-2H3,(H,24,27)/t20-/m0/s1. The first kappa shape index (κ1) is 19.1. The van der Waals surface area contributed by atoms with Gasteiger partial charge in [-0.1, -0.05) is 56.3 Å². The average Bonchev–Trinajstić information content (AvgIpc) is 3.27. The number of benzene rings is 2. The predicted molar refractivity (Wildman–Crippen MR) is 117 cm³/mol. The van der Waals surface area contributed by atoms with Crippen molar-refractivity contribution in [3.63, 3.8) is 0 Å². The molecule has 0 spiro atoms. The average molecular weight is 404 g/mol. The molecule has 0 saturated carbocycles. The number of hydrogen-bond acceptors (Lipinski definition) is 4. The number of rotatable bonds is 5. The first-order valence-electron chi connectivity index (χ1n) is 9.48. The summed E-state index contributed by atoms with van der Waals surface area (Å²) in [6.45, 7) is 4.14. The van der Waals surface area contributed by atoms with Crippen LogP contribution in [0.5, 0.6) is 0 Å². The highest BCUT2D eigenvalue weighted by molar-refractivity contribution is 7.10. The lowest BCUT2D eigenvalue weighted by atomic mass is 10.0. The van der Waals surface area contributed by atoms with Crippen molar-refractivity contribution < 1.29 is 4.79 Å². The van der Waals surface area contributed by atoms with Crippen LogP contribution in [0.15, 0.2) is 76.9 Å². The largest absolute Gasteiger partial charge is 0.343 e. The van der Waals surface area contributed by atoms with Gasteiger partial charge < -0.3 is 5.32 Å². The number of fused-ring (bicyclic) bond motifs is 1. The summed E-state index contributed by atoms with van der Waals surface area (Å²) in [6.07, 6.45) is 0. The minimum atomic E-state index is -0.294. The Bertz CT molecular complexity index is 1200. The molecule has 1 amide bonds. The topological polar surface area (TPSA) is 64.0 Å². The molecule has 29 heavy (non-hydrogen) atoms. The van der Waals surface area contributed by atoms with E-state index in [1.165, 1.54) is 4.68 Å². The van der Waals surface area contributed by atoms with Crippen molar-refractivity contribution in [3.05, 3.63) is 93.0 Å². The summed E-state index contributed by atoms with van der Waals surface area (Å²) in [5, 5.41) is 10.6. The number of nitrogens with one attached hydrogen (secondary N) is 1. The van der Waals surface area contributed by atoms with Crippen LogP contribution in [0.1, 0.15) is 35.3 Å². The fourth-order valence-electron chi connectivity index (χ4n) is 3.35. The molecule has 0 aliphatic rings. The first-order valence-corrected chi connectivity index (χ1v) is 10.4. The molecule has 6 heteroatoms. The quantitative estimate of drug-likeness (QED) is 0.531. The normalized spacial score (nSPS) is 12.2. The molecule has 1 N–H and O–H groups in total. The van der Waals surface area contributed by atoms with E-state index in [2.05, 4.69) is 24.3 Å². The third-order valence-electron chi connectivity index (χ3n) is 4.82. The van der Waals surface area contributed by atoms with Crippen molar-refractivity contribution in [2.75, 3.05) is 0 Å². The monoisotopic (exact) mass is 403 g/mol. The van der Waals surface area contributed by atoms with Crippen LogP contribution in [-0.2, 0) is 0 Å². The van der Waals surface area contributed by atoms with Gasteiger partial charge in [0, 0.05) is 10.3 Å². The third-order valence-corrected chi connectivity index (χ3v) is 5.78. The van der Waals surface area contributed by atoms with E-state index in [0.29, 0.717) is 16.5 Å². The van der Waals surface area contributed by atoms with E-state index in [1.54, 1.807) is 41.7 Å². The molecule has 2 heterocycles. The van der Waals surface area contributed by atoms with Crippen LogP contribution >= 0.6 is 11.3 Å². The molecule has 2 aromatic heterocycles. The number of carbonyl (C=O) groups excluding carboxylic acids is 1. The molecule has 4 aromatic rings. The van der Waals surface area contributed by atoms with Crippen LogP contribution in [0.4, 0.5) is 0 Å². The second-order valence-electron chi connectivity index (χ2n) is 7.16. The molecule has 0 fully saturated rings. The third kappa shape index (κ3) is 3.71. The van der Waals surface area contributed by atoms with Gasteiger partial charge in [-0.05, 0) is 35.6 Å². The Kier molecular flexibility index (Phi) is 5.27. The van der Waals surface area contributed by atoms with Crippen molar-refractivity contribution in [1.29, 1.82) is 0 Å². The maximum absolute atomic E-state index is 13.3. The first-order chi connectivity index (χ1) is 14.1. The molecule has 0 aliphatic carbocycles. The maximum atomic E-state index is 13.3.